The minimum atomic E-state index is -1.02. The third kappa shape index (κ3) is 3.07. The first-order valence-corrected chi connectivity index (χ1v) is 6.55. The first-order chi connectivity index (χ1) is 9.49. The average molecular weight is 280 g/mol. The number of carboxylic acids is 1. The number of amides is 2. The summed E-state index contributed by atoms with van der Waals surface area (Å²) in [5, 5.41) is 11.6. The lowest BCUT2D eigenvalue weighted by molar-refractivity contribution is -0.143. The highest BCUT2D eigenvalue weighted by Gasteiger charge is 2.32. The molecule has 2 N–H and O–H groups in total. The largest absolute Gasteiger partial charge is 0.480 e. The van der Waals surface area contributed by atoms with E-state index in [0.717, 1.165) is 18.4 Å². The summed E-state index contributed by atoms with van der Waals surface area (Å²) < 4.78 is 13.6. The molecule has 0 spiro atoms. The molecule has 1 aromatic rings. The van der Waals surface area contributed by atoms with Crippen molar-refractivity contribution in [3.63, 3.8) is 0 Å². The number of nitrogens with zero attached hydrogens (tertiary/aromatic N) is 1. The fourth-order valence-electron chi connectivity index (χ4n) is 2.35. The van der Waals surface area contributed by atoms with Crippen LogP contribution in [0.5, 0.6) is 0 Å². The molecule has 20 heavy (non-hydrogen) atoms. The zero-order chi connectivity index (χ0) is 14.7. The normalized spacial score (nSPS) is 18.7. The van der Waals surface area contributed by atoms with Gasteiger partial charge < -0.3 is 15.3 Å². The number of carbonyl (C=O) groups excluding carboxylic acids is 1. The lowest BCUT2D eigenvalue weighted by Gasteiger charge is -2.32. The van der Waals surface area contributed by atoms with Crippen LogP contribution < -0.4 is 5.32 Å². The van der Waals surface area contributed by atoms with Crippen molar-refractivity contribution >= 4 is 17.7 Å². The monoisotopic (exact) mass is 280 g/mol. The Labute approximate surface area is 116 Å². The quantitative estimate of drug-likeness (QED) is 0.874. The topological polar surface area (TPSA) is 69.6 Å². The molecule has 108 valence electrons. The number of anilines is 1. The van der Waals surface area contributed by atoms with E-state index in [0.29, 0.717) is 13.0 Å². The van der Waals surface area contributed by atoms with Gasteiger partial charge in [-0.1, -0.05) is 6.07 Å². The number of hydrogen-bond donors (Lipinski definition) is 2. The highest BCUT2D eigenvalue weighted by molar-refractivity contribution is 5.92. The Hall–Kier alpha value is -2.11. The second kappa shape index (κ2) is 5.90. The van der Waals surface area contributed by atoms with Crippen LogP contribution in [0.4, 0.5) is 14.9 Å². The van der Waals surface area contributed by atoms with Gasteiger partial charge in [-0.3, -0.25) is 0 Å². The third-order valence-corrected chi connectivity index (χ3v) is 3.41. The molecule has 1 aliphatic rings. The van der Waals surface area contributed by atoms with Gasteiger partial charge in [0.2, 0.25) is 0 Å². The maximum Gasteiger partial charge on any atom is 0.326 e. The Morgan fingerprint density at radius 2 is 2.15 bits per heavy atom. The average Bonchev–Trinajstić information content (AvgIpc) is 2.42. The van der Waals surface area contributed by atoms with Crippen LogP contribution in [0.3, 0.4) is 0 Å². The van der Waals surface area contributed by atoms with Crippen molar-refractivity contribution < 1.29 is 19.1 Å². The molecule has 1 saturated heterocycles. The second-order valence-corrected chi connectivity index (χ2v) is 4.96. The molecule has 2 rings (SSSR count). The van der Waals surface area contributed by atoms with Crippen LogP contribution in [-0.4, -0.2) is 34.6 Å². The molecule has 0 aromatic heterocycles. The van der Waals surface area contributed by atoms with E-state index in [4.69, 9.17) is 5.11 Å². The van der Waals surface area contributed by atoms with Crippen molar-refractivity contribution in [1.29, 1.82) is 0 Å². The second-order valence-electron chi connectivity index (χ2n) is 4.96. The Balaban J connectivity index is 2.14. The molecule has 1 heterocycles. The van der Waals surface area contributed by atoms with Crippen molar-refractivity contribution in [2.75, 3.05) is 11.9 Å². The van der Waals surface area contributed by atoms with E-state index in [1.807, 2.05) is 0 Å². The van der Waals surface area contributed by atoms with Gasteiger partial charge in [-0.15, -0.1) is 0 Å². The summed E-state index contributed by atoms with van der Waals surface area (Å²) in [6.45, 7) is 2.16. The van der Waals surface area contributed by atoms with Crippen LogP contribution >= 0.6 is 0 Å². The molecule has 5 nitrogen and oxygen atoms in total. The summed E-state index contributed by atoms with van der Waals surface area (Å²) in [7, 11) is 0. The van der Waals surface area contributed by atoms with Gasteiger partial charge in [0.15, 0.2) is 0 Å². The van der Waals surface area contributed by atoms with E-state index in [-0.39, 0.29) is 5.69 Å². The summed E-state index contributed by atoms with van der Waals surface area (Å²) in [5.74, 6) is -1.56. The SMILES string of the molecule is Cc1ccc(F)c(NC(=O)N2CCCCC2C(=O)O)c1. The molecule has 1 aromatic carbocycles. The summed E-state index contributed by atoms with van der Waals surface area (Å²) in [4.78, 5) is 24.5. The van der Waals surface area contributed by atoms with Crippen LogP contribution in [0.1, 0.15) is 24.8 Å². The number of benzene rings is 1. The number of nitrogens with one attached hydrogen (secondary N) is 1. The number of rotatable bonds is 2. The number of urea groups is 1. The van der Waals surface area contributed by atoms with Crippen molar-refractivity contribution in [2.45, 2.75) is 32.2 Å². The summed E-state index contributed by atoms with van der Waals surface area (Å²) >= 11 is 0. The minimum absolute atomic E-state index is 0.0738. The number of carbonyl (C=O) groups is 2. The van der Waals surface area contributed by atoms with Crippen LogP contribution in [0, 0.1) is 12.7 Å². The van der Waals surface area contributed by atoms with E-state index in [1.165, 1.54) is 17.0 Å². The Kier molecular flexibility index (Phi) is 4.22. The molecule has 1 fully saturated rings. The summed E-state index contributed by atoms with van der Waals surface area (Å²) in [6, 6.07) is 2.99. The highest BCUT2D eigenvalue weighted by Crippen LogP contribution is 2.20. The fourth-order valence-corrected chi connectivity index (χ4v) is 2.35. The summed E-state index contributed by atoms with van der Waals surface area (Å²) in [6.07, 6.45) is 1.96. The molecule has 0 aliphatic carbocycles. The number of hydrogen-bond acceptors (Lipinski definition) is 2. The zero-order valence-electron chi connectivity index (χ0n) is 11.2. The number of likely N-dealkylation sites (tertiary alicyclic amines) is 1. The fraction of sp³-hybridized carbons (Fsp3) is 0.429. The third-order valence-electron chi connectivity index (χ3n) is 3.41. The Bertz CT molecular complexity index is 533. The van der Waals surface area contributed by atoms with Crippen molar-refractivity contribution in [3.05, 3.63) is 29.6 Å². The standard InChI is InChI=1S/C14H17FN2O3/c1-9-5-6-10(15)11(8-9)16-14(20)17-7-3-2-4-12(17)13(18)19/h5-6,8,12H,2-4,7H2,1H3,(H,16,20)(H,18,19). The molecule has 6 heteroatoms. The maximum absolute atomic E-state index is 13.6. The Morgan fingerprint density at radius 3 is 2.85 bits per heavy atom. The van der Waals surface area contributed by atoms with Crippen LogP contribution in [0.2, 0.25) is 0 Å². The molecular weight excluding hydrogens is 263 g/mol. The number of carboxylic acid groups (broad SMARTS) is 1. The molecule has 1 atom stereocenters. The van der Waals surface area contributed by atoms with E-state index < -0.39 is 23.9 Å². The molecule has 1 unspecified atom stereocenters. The predicted molar refractivity (Wildman–Crippen MR) is 72.1 cm³/mol. The lowest BCUT2D eigenvalue weighted by Crippen LogP contribution is -2.49. The van der Waals surface area contributed by atoms with E-state index in [9.17, 15) is 14.0 Å². The van der Waals surface area contributed by atoms with E-state index >= 15 is 0 Å². The molecule has 2 amide bonds. The number of halogens is 1. The van der Waals surface area contributed by atoms with Gasteiger partial charge in [0, 0.05) is 6.54 Å². The van der Waals surface area contributed by atoms with Gasteiger partial charge in [-0.2, -0.15) is 0 Å². The molecule has 0 radical (unpaired) electrons. The van der Waals surface area contributed by atoms with Gasteiger partial charge in [-0.25, -0.2) is 14.0 Å². The smallest absolute Gasteiger partial charge is 0.326 e. The first kappa shape index (κ1) is 14.3. The summed E-state index contributed by atoms with van der Waals surface area (Å²) in [5.41, 5.74) is 0.889. The maximum atomic E-state index is 13.6. The van der Waals surface area contributed by atoms with Crippen LogP contribution in [-0.2, 0) is 4.79 Å². The lowest BCUT2D eigenvalue weighted by atomic mass is 10.0. The van der Waals surface area contributed by atoms with Crippen molar-refractivity contribution in [3.8, 4) is 0 Å². The predicted octanol–water partition coefficient (Wildman–Crippen LogP) is 2.61. The van der Waals surface area contributed by atoms with Gasteiger partial charge in [0.05, 0.1) is 5.69 Å². The van der Waals surface area contributed by atoms with Gasteiger partial charge >= 0.3 is 12.0 Å². The van der Waals surface area contributed by atoms with Crippen molar-refractivity contribution in [2.24, 2.45) is 0 Å². The van der Waals surface area contributed by atoms with Gasteiger partial charge in [0.1, 0.15) is 11.9 Å². The van der Waals surface area contributed by atoms with E-state index in [2.05, 4.69) is 5.32 Å². The number of aliphatic carboxylic acids is 1. The van der Waals surface area contributed by atoms with Gasteiger partial charge in [0.25, 0.3) is 0 Å². The molecular formula is C14H17FN2O3. The molecule has 1 aliphatic heterocycles. The zero-order valence-corrected chi connectivity index (χ0v) is 11.2. The minimum Gasteiger partial charge on any atom is -0.480 e. The Morgan fingerprint density at radius 1 is 1.40 bits per heavy atom. The van der Waals surface area contributed by atoms with E-state index in [1.54, 1.807) is 13.0 Å². The molecule has 0 bridgehead atoms. The van der Waals surface area contributed by atoms with Gasteiger partial charge in [-0.05, 0) is 43.9 Å². The van der Waals surface area contributed by atoms with Crippen molar-refractivity contribution in [1.82, 2.24) is 4.90 Å². The van der Waals surface area contributed by atoms with Crippen LogP contribution in [0.25, 0.3) is 0 Å². The number of piperidine rings is 1. The highest BCUT2D eigenvalue weighted by atomic mass is 19.1. The van der Waals surface area contributed by atoms with Crippen LogP contribution in [0.15, 0.2) is 18.2 Å². The molecule has 0 saturated carbocycles. The first-order valence-electron chi connectivity index (χ1n) is 6.55. The number of aryl methyl sites for hydroxylation is 1.